The zero-order valence-corrected chi connectivity index (χ0v) is 13.9. The Bertz CT molecular complexity index is 692. The normalized spacial score (nSPS) is 11.5. The summed E-state index contributed by atoms with van der Waals surface area (Å²) in [5.41, 5.74) is 2.27. The Balaban J connectivity index is 2.22. The number of hydrogen-bond donors (Lipinski definition) is 0. The largest absolute Gasteiger partial charge is 0.360 e. The number of rotatable bonds is 6. The number of aromatic nitrogens is 2. The van der Waals surface area contributed by atoms with E-state index in [0.29, 0.717) is 12.4 Å². The summed E-state index contributed by atoms with van der Waals surface area (Å²) >= 11 is 0. The Kier molecular flexibility index (Phi) is 4.61. The van der Waals surface area contributed by atoms with E-state index >= 15 is 0 Å². The molecule has 0 aliphatic rings. The lowest BCUT2D eigenvalue weighted by Gasteiger charge is -2.15. The molecular weight excluding hydrogens is 278 g/mol. The fourth-order valence-corrected chi connectivity index (χ4v) is 2.89. The van der Waals surface area contributed by atoms with Crippen molar-refractivity contribution in [3.8, 4) is 6.07 Å². The van der Waals surface area contributed by atoms with Gasteiger partial charge in [-0.25, -0.2) is 4.68 Å². The molecule has 110 valence electrons. The minimum atomic E-state index is -1.09. The highest BCUT2D eigenvalue weighted by Crippen LogP contribution is 2.23. The third-order valence-corrected chi connectivity index (χ3v) is 5.05. The Morgan fingerprint density at radius 2 is 2.19 bits per heavy atom. The van der Waals surface area contributed by atoms with E-state index in [2.05, 4.69) is 37.4 Å². The van der Waals surface area contributed by atoms with Crippen molar-refractivity contribution in [1.29, 1.82) is 5.26 Å². The van der Waals surface area contributed by atoms with Crippen LogP contribution in [0.2, 0.25) is 25.7 Å². The standard InChI is InChI=1S/C16H21N3OSi/c1-5-13-7-6-8-15-16(13)14(11-17)18-19(15)12-20-9-10-21(2,3)4/h5-8H,1,9-10,12H2,2-4H3. The molecule has 2 rings (SSSR count). The van der Waals surface area contributed by atoms with Crippen molar-refractivity contribution in [3.05, 3.63) is 36.0 Å². The lowest BCUT2D eigenvalue weighted by molar-refractivity contribution is 0.0816. The molecule has 1 aromatic carbocycles. The zero-order chi connectivity index (χ0) is 15.5. The number of ether oxygens (including phenoxy) is 1. The van der Waals surface area contributed by atoms with Crippen molar-refractivity contribution < 1.29 is 4.74 Å². The first-order chi connectivity index (χ1) is 9.96. The highest BCUT2D eigenvalue weighted by atomic mass is 28.3. The SMILES string of the molecule is C=Cc1cccc2c1c(C#N)nn2COCC[Si](C)(C)C. The van der Waals surface area contributed by atoms with E-state index in [1.54, 1.807) is 10.8 Å². The molecule has 0 saturated heterocycles. The lowest BCUT2D eigenvalue weighted by Crippen LogP contribution is -2.22. The molecular formula is C16H21N3OSi. The van der Waals surface area contributed by atoms with E-state index in [0.717, 1.165) is 29.1 Å². The second-order valence-corrected chi connectivity index (χ2v) is 11.9. The molecule has 4 nitrogen and oxygen atoms in total. The van der Waals surface area contributed by atoms with Gasteiger partial charge in [-0.2, -0.15) is 10.4 Å². The average molecular weight is 299 g/mol. The third kappa shape index (κ3) is 3.60. The first-order valence-corrected chi connectivity index (χ1v) is 10.8. The van der Waals surface area contributed by atoms with Crippen LogP contribution in [-0.4, -0.2) is 24.5 Å². The monoisotopic (exact) mass is 299 g/mol. The maximum Gasteiger partial charge on any atom is 0.171 e. The van der Waals surface area contributed by atoms with Crippen LogP contribution in [0.25, 0.3) is 17.0 Å². The smallest absolute Gasteiger partial charge is 0.171 e. The first-order valence-electron chi connectivity index (χ1n) is 7.06. The molecule has 0 bridgehead atoms. The molecule has 0 saturated carbocycles. The molecule has 0 fully saturated rings. The molecule has 21 heavy (non-hydrogen) atoms. The third-order valence-electron chi connectivity index (χ3n) is 3.35. The summed E-state index contributed by atoms with van der Waals surface area (Å²) in [5.74, 6) is 0. The van der Waals surface area contributed by atoms with Crippen molar-refractivity contribution in [3.63, 3.8) is 0 Å². The number of hydrogen-bond acceptors (Lipinski definition) is 3. The van der Waals surface area contributed by atoms with Crippen molar-refractivity contribution >= 4 is 25.1 Å². The maximum atomic E-state index is 9.25. The predicted molar refractivity (Wildman–Crippen MR) is 88.6 cm³/mol. The topological polar surface area (TPSA) is 50.8 Å². The van der Waals surface area contributed by atoms with Gasteiger partial charge in [0, 0.05) is 20.1 Å². The number of nitriles is 1. The van der Waals surface area contributed by atoms with Gasteiger partial charge >= 0.3 is 0 Å². The summed E-state index contributed by atoms with van der Waals surface area (Å²) < 4.78 is 7.49. The molecule has 0 aliphatic heterocycles. The second kappa shape index (κ2) is 6.25. The Morgan fingerprint density at radius 3 is 2.81 bits per heavy atom. The number of nitrogens with zero attached hydrogens (tertiary/aromatic N) is 3. The zero-order valence-electron chi connectivity index (χ0n) is 12.9. The number of fused-ring (bicyclic) bond motifs is 1. The summed E-state index contributed by atoms with van der Waals surface area (Å²) in [6.07, 6.45) is 1.75. The van der Waals surface area contributed by atoms with Crippen LogP contribution in [0, 0.1) is 11.3 Å². The van der Waals surface area contributed by atoms with Crippen LogP contribution in [0.4, 0.5) is 0 Å². The van der Waals surface area contributed by atoms with Crippen LogP contribution in [0.15, 0.2) is 24.8 Å². The first kappa shape index (κ1) is 15.5. The molecule has 2 aromatic rings. The molecule has 0 aliphatic carbocycles. The van der Waals surface area contributed by atoms with E-state index < -0.39 is 8.07 Å². The van der Waals surface area contributed by atoms with E-state index in [9.17, 15) is 5.26 Å². The minimum Gasteiger partial charge on any atom is -0.360 e. The van der Waals surface area contributed by atoms with E-state index in [4.69, 9.17) is 4.74 Å². The van der Waals surface area contributed by atoms with Gasteiger partial charge in [-0.1, -0.05) is 44.4 Å². The molecule has 0 N–H and O–H groups in total. The van der Waals surface area contributed by atoms with Crippen LogP contribution in [0.5, 0.6) is 0 Å². The quantitative estimate of drug-likeness (QED) is 0.601. The average Bonchev–Trinajstić information content (AvgIpc) is 2.81. The van der Waals surface area contributed by atoms with Gasteiger partial charge in [0.05, 0.1) is 5.52 Å². The molecule has 0 radical (unpaired) electrons. The molecule has 1 heterocycles. The summed E-state index contributed by atoms with van der Waals surface area (Å²) in [5, 5.41) is 14.4. The van der Waals surface area contributed by atoms with Gasteiger partial charge in [0.15, 0.2) is 5.69 Å². The second-order valence-electron chi connectivity index (χ2n) is 6.25. The van der Waals surface area contributed by atoms with Crippen LogP contribution < -0.4 is 0 Å². The van der Waals surface area contributed by atoms with Crippen LogP contribution in [-0.2, 0) is 11.5 Å². The number of benzene rings is 1. The van der Waals surface area contributed by atoms with Gasteiger partial charge < -0.3 is 4.74 Å². The van der Waals surface area contributed by atoms with Gasteiger partial charge in [-0.05, 0) is 17.7 Å². The Labute approximate surface area is 126 Å². The molecule has 0 atom stereocenters. The van der Waals surface area contributed by atoms with Crippen LogP contribution in [0.1, 0.15) is 11.3 Å². The Morgan fingerprint density at radius 1 is 1.43 bits per heavy atom. The summed E-state index contributed by atoms with van der Waals surface area (Å²) in [6.45, 7) is 11.9. The summed E-state index contributed by atoms with van der Waals surface area (Å²) in [4.78, 5) is 0. The van der Waals surface area contributed by atoms with Gasteiger partial charge in [0.1, 0.15) is 12.8 Å². The van der Waals surface area contributed by atoms with E-state index in [-0.39, 0.29) is 0 Å². The van der Waals surface area contributed by atoms with Crippen molar-refractivity contribution in [1.82, 2.24) is 9.78 Å². The highest BCUT2D eigenvalue weighted by molar-refractivity contribution is 6.76. The van der Waals surface area contributed by atoms with Gasteiger partial charge in [-0.15, -0.1) is 0 Å². The molecule has 1 aromatic heterocycles. The summed E-state index contributed by atoms with van der Waals surface area (Å²) in [6, 6.07) is 9.11. The van der Waals surface area contributed by atoms with Crippen molar-refractivity contribution in [2.45, 2.75) is 32.4 Å². The van der Waals surface area contributed by atoms with Gasteiger partial charge in [0.25, 0.3) is 0 Å². The molecule has 0 amide bonds. The molecule has 0 spiro atoms. The predicted octanol–water partition coefficient (Wildman–Crippen LogP) is 3.86. The fourth-order valence-electron chi connectivity index (χ4n) is 2.13. The van der Waals surface area contributed by atoms with E-state index in [1.807, 2.05) is 18.2 Å². The molecule has 0 unspecified atom stereocenters. The van der Waals surface area contributed by atoms with Gasteiger partial charge in [-0.3, -0.25) is 0 Å². The van der Waals surface area contributed by atoms with Crippen LogP contribution in [0.3, 0.4) is 0 Å². The Hall–Kier alpha value is -1.90. The lowest BCUT2D eigenvalue weighted by atomic mass is 10.1. The van der Waals surface area contributed by atoms with Crippen molar-refractivity contribution in [2.24, 2.45) is 0 Å². The van der Waals surface area contributed by atoms with Gasteiger partial charge in [0.2, 0.25) is 0 Å². The fraction of sp³-hybridized carbons (Fsp3) is 0.375. The van der Waals surface area contributed by atoms with E-state index in [1.165, 1.54) is 0 Å². The van der Waals surface area contributed by atoms with Crippen molar-refractivity contribution in [2.75, 3.05) is 6.61 Å². The minimum absolute atomic E-state index is 0.378. The summed E-state index contributed by atoms with van der Waals surface area (Å²) in [7, 11) is -1.09. The highest BCUT2D eigenvalue weighted by Gasteiger charge is 2.14. The maximum absolute atomic E-state index is 9.25. The molecule has 5 heteroatoms. The van der Waals surface area contributed by atoms with Crippen LogP contribution >= 0.6 is 0 Å².